The van der Waals surface area contributed by atoms with E-state index in [1.54, 1.807) is 13.8 Å². The van der Waals surface area contributed by atoms with E-state index in [2.05, 4.69) is 0 Å². The first kappa shape index (κ1) is 20.9. The van der Waals surface area contributed by atoms with Gasteiger partial charge in [0.05, 0.1) is 0 Å². The van der Waals surface area contributed by atoms with Crippen LogP contribution in [0.25, 0.3) is 11.1 Å². The second kappa shape index (κ2) is 9.99. The highest BCUT2D eigenvalue weighted by molar-refractivity contribution is 5.95. The van der Waals surface area contributed by atoms with Gasteiger partial charge in [-0.05, 0) is 50.0 Å². The van der Waals surface area contributed by atoms with Gasteiger partial charge in [0, 0.05) is 11.1 Å². The molecule has 0 spiro atoms. The third-order valence-corrected chi connectivity index (χ3v) is 4.18. The summed E-state index contributed by atoms with van der Waals surface area (Å²) in [6, 6.07) is 19.0. The number of carboxylic acids is 2. The number of hydrogen-bond acceptors (Lipinski definition) is 2. The van der Waals surface area contributed by atoms with Crippen molar-refractivity contribution in [2.24, 2.45) is 0 Å². The molecule has 0 aromatic heterocycles. The van der Waals surface area contributed by atoms with Gasteiger partial charge in [0.2, 0.25) is 0 Å². The minimum absolute atomic E-state index is 0.395. The van der Waals surface area contributed by atoms with E-state index in [-0.39, 0.29) is 0 Å². The molecule has 0 unspecified atom stereocenters. The van der Waals surface area contributed by atoms with Crippen LogP contribution in [0.5, 0.6) is 0 Å². The Morgan fingerprint density at radius 1 is 0.577 bits per heavy atom. The van der Waals surface area contributed by atoms with E-state index in [0.717, 1.165) is 22.3 Å². The Labute approximate surface area is 154 Å². The summed E-state index contributed by atoms with van der Waals surface area (Å²) in [4.78, 5) is 21.3. The fraction of sp³-hybridized carbons (Fsp3) is 0.182. The lowest BCUT2D eigenvalue weighted by Gasteiger charge is -2.03. The molecule has 0 saturated heterocycles. The fourth-order valence-corrected chi connectivity index (χ4v) is 2.13. The minimum atomic E-state index is -0.860. The molecule has 0 fully saturated rings. The van der Waals surface area contributed by atoms with Gasteiger partial charge in [0.15, 0.2) is 0 Å². The van der Waals surface area contributed by atoms with Crippen molar-refractivity contribution in [3.63, 3.8) is 0 Å². The van der Waals surface area contributed by atoms with E-state index >= 15 is 0 Å². The molecular formula is C22H24O4. The molecule has 136 valence electrons. The molecule has 4 heteroatoms. The largest absolute Gasteiger partial charge is 0.478 e. The molecule has 0 heterocycles. The number of carbonyl (C=O) groups is 2. The third kappa shape index (κ3) is 6.06. The molecular weight excluding hydrogens is 328 g/mol. The SMILES string of the molecule is C/C(C(=O)O)=C(\C)c1ccccc1.C/C(C(=O)O)=C(\C)c1ccccc1. The summed E-state index contributed by atoms with van der Waals surface area (Å²) in [7, 11) is 0. The van der Waals surface area contributed by atoms with Crippen molar-refractivity contribution in [2.45, 2.75) is 27.7 Å². The first-order chi connectivity index (χ1) is 12.3. The van der Waals surface area contributed by atoms with Gasteiger partial charge in [-0.2, -0.15) is 0 Å². The van der Waals surface area contributed by atoms with E-state index in [9.17, 15) is 9.59 Å². The molecule has 2 N–H and O–H groups in total. The summed E-state index contributed by atoms with van der Waals surface area (Å²) in [5, 5.41) is 17.5. The molecule has 0 atom stereocenters. The predicted octanol–water partition coefficient (Wildman–Crippen LogP) is 5.13. The summed E-state index contributed by atoms with van der Waals surface area (Å²) in [6.45, 7) is 6.87. The molecule has 4 nitrogen and oxygen atoms in total. The summed E-state index contributed by atoms with van der Waals surface area (Å²) < 4.78 is 0. The van der Waals surface area contributed by atoms with Crippen molar-refractivity contribution in [1.82, 2.24) is 0 Å². The van der Waals surface area contributed by atoms with Crippen molar-refractivity contribution in [1.29, 1.82) is 0 Å². The van der Waals surface area contributed by atoms with Crippen LogP contribution in [0.4, 0.5) is 0 Å². The van der Waals surface area contributed by atoms with Gasteiger partial charge in [-0.3, -0.25) is 0 Å². The van der Waals surface area contributed by atoms with Crippen molar-refractivity contribution in [3.05, 3.63) is 82.9 Å². The van der Waals surface area contributed by atoms with Crippen LogP contribution in [0.2, 0.25) is 0 Å². The first-order valence-corrected chi connectivity index (χ1v) is 8.18. The third-order valence-electron chi connectivity index (χ3n) is 4.18. The van der Waals surface area contributed by atoms with Gasteiger partial charge in [-0.15, -0.1) is 0 Å². The predicted molar refractivity (Wildman–Crippen MR) is 105 cm³/mol. The number of carboxylic acid groups (broad SMARTS) is 2. The molecule has 0 saturated carbocycles. The zero-order chi connectivity index (χ0) is 19.7. The number of rotatable bonds is 4. The van der Waals surface area contributed by atoms with Gasteiger partial charge in [-0.1, -0.05) is 60.7 Å². The second-order valence-electron chi connectivity index (χ2n) is 5.84. The van der Waals surface area contributed by atoms with Gasteiger partial charge >= 0.3 is 11.9 Å². The van der Waals surface area contributed by atoms with E-state index in [0.29, 0.717) is 11.1 Å². The van der Waals surface area contributed by atoms with Crippen LogP contribution in [-0.4, -0.2) is 22.2 Å². The Bertz CT molecular complexity index is 744. The highest BCUT2D eigenvalue weighted by atomic mass is 16.4. The monoisotopic (exact) mass is 352 g/mol. The van der Waals surface area contributed by atoms with E-state index in [4.69, 9.17) is 10.2 Å². The van der Waals surface area contributed by atoms with E-state index in [1.165, 1.54) is 0 Å². The molecule has 0 bridgehead atoms. The fourth-order valence-electron chi connectivity index (χ4n) is 2.13. The standard InChI is InChI=1S/2C11H12O2/c2*1-8(9(2)11(12)13)10-6-4-3-5-7-10/h2*3-7H,1-2H3,(H,12,13)/b2*9-8-. The van der Waals surface area contributed by atoms with Crippen LogP contribution >= 0.6 is 0 Å². The van der Waals surface area contributed by atoms with Crippen LogP contribution in [-0.2, 0) is 9.59 Å². The lowest BCUT2D eigenvalue weighted by molar-refractivity contribution is -0.133. The Morgan fingerprint density at radius 2 is 0.846 bits per heavy atom. The quantitative estimate of drug-likeness (QED) is 0.748. The molecule has 0 aliphatic rings. The van der Waals surface area contributed by atoms with E-state index < -0.39 is 11.9 Å². The van der Waals surface area contributed by atoms with Crippen LogP contribution in [0, 0.1) is 0 Å². The molecule has 2 aromatic rings. The molecule has 0 aliphatic carbocycles. The Morgan fingerprint density at radius 3 is 1.08 bits per heavy atom. The van der Waals surface area contributed by atoms with Gasteiger partial charge in [0.25, 0.3) is 0 Å². The van der Waals surface area contributed by atoms with Gasteiger partial charge < -0.3 is 10.2 Å². The highest BCUT2D eigenvalue weighted by Gasteiger charge is 2.06. The minimum Gasteiger partial charge on any atom is -0.478 e. The maximum Gasteiger partial charge on any atom is 0.331 e. The Kier molecular flexibility index (Phi) is 8.03. The Balaban J connectivity index is 0.000000260. The van der Waals surface area contributed by atoms with Crippen LogP contribution in [0.3, 0.4) is 0 Å². The lowest BCUT2D eigenvalue weighted by atomic mass is 10.0. The van der Waals surface area contributed by atoms with Crippen LogP contribution in [0.15, 0.2) is 71.8 Å². The summed E-state index contributed by atoms with van der Waals surface area (Å²) in [5.74, 6) is -1.72. The van der Waals surface area contributed by atoms with Crippen LogP contribution < -0.4 is 0 Å². The number of allylic oxidation sites excluding steroid dienone is 2. The first-order valence-electron chi connectivity index (χ1n) is 8.18. The lowest BCUT2D eigenvalue weighted by Crippen LogP contribution is -1.98. The molecule has 2 aromatic carbocycles. The summed E-state index contributed by atoms with van der Waals surface area (Å²) in [5.41, 5.74) is 4.34. The van der Waals surface area contributed by atoms with Gasteiger partial charge in [-0.25, -0.2) is 9.59 Å². The van der Waals surface area contributed by atoms with Gasteiger partial charge in [0.1, 0.15) is 0 Å². The normalized spacial score (nSPS) is 12.2. The highest BCUT2D eigenvalue weighted by Crippen LogP contribution is 2.18. The zero-order valence-electron chi connectivity index (χ0n) is 15.5. The average molecular weight is 352 g/mol. The molecule has 26 heavy (non-hydrogen) atoms. The van der Waals surface area contributed by atoms with Crippen molar-refractivity contribution >= 4 is 23.1 Å². The topological polar surface area (TPSA) is 74.6 Å². The smallest absolute Gasteiger partial charge is 0.331 e. The molecule has 0 radical (unpaired) electrons. The second-order valence-corrected chi connectivity index (χ2v) is 5.84. The van der Waals surface area contributed by atoms with Crippen LogP contribution in [0.1, 0.15) is 38.8 Å². The Hall–Kier alpha value is -3.14. The molecule has 0 aliphatic heterocycles. The number of hydrogen-bond donors (Lipinski definition) is 2. The molecule has 2 rings (SSSR count). The number of aliphatic carboxylic acids is 2. The van der Waals surface area contributed by atoms with Crippen molar-refractivity contribution < 1.29 is 19.8 Å². The van der Waals surface area contributed by atoms with E-state index in [1.807, 2.05) is 74.5 Å². The maximum absolute atomic E-state index is 10.7. The summed E-state index contributed by atoms with van der Waals surface area (Å²) >= 11 is 0. The van der Waals surface area contributed by atoms with Crippen molar-refractivity contribution in [3.8, 4) is 0 Å². The van der Waals surface area contributed by atoms with Crippen molar-refractivity contribution in [2.75, 3.05) is 0 Å². The zero-order valence-corrected chi connectivity index (χ0v) is 15.5. The average Bonchev–Trinajstić information content (AvgIpc) is 2.67. The summed E-state index contributed by atoms with van der Waals surface area (Å²) in [6.07, 6.45) is 0. The molecule has 0 amide bonds. The number of benzene rings is 2. The maximum atomic E-state index is 10.7.